The van der Waals surface area contributed by atoms with Crippen molar-refractivity contribution in [3.8, 4) is 5.75 Å². The molecule has 2 saturated heterocycles. The number of aryl methyl sites for hydroxylation is 1. The standard InChI is InChI=1S/C20H26N4O2/c1-14-11-18(17-4-3-16(26-2)12-19(17)22-14)20(25)24-9-7-23(8-10-24)15-5-6-21-13-15/h3-4,11-12,15,21H,5-10,13H2,1-2H3/t15-/m1/s1. The third kappa shape index (κ3) is 3.27. The van der Waals surface area contributed by atoms with E-state index in [1.54, 1.807) is 7.11 Å². The molecule has 0 saturated carbocycles. The molecule has 26 heavy (non-hydrogen) atoms. The molecule has 138 valence electrons. The first kappa shape index (κ1) is 17.2. The second-order valence-electron chi connectivity index (χ2n) is 7.17. The minimum absolute atomic E-state index is 0.106. The lowest BCUT2D eigenvalue weighted by Gasteiger charge is -2.38. The zero-order chi connectivity index (χ0) is 18.1. The zero-order valence-electron chi connectivity index (χ0n) is 15.5. The fraction of sp³-hybridized carbons (Fsp3) is 0.500. The van der Waals surface area contributed by atoms with Crippen molar-refractivity contribution in [1.82, 2.24) is 20.1 Å². The van der Waals surface area contributed by atoms with Crippen LogP contribution in [-0.2, 0) is 0 Å². The van der Waals surface area contributed by atoms with Gasteiger partial charge in [0.1, 0.15) is 5.75 Å². The minimum atomic E-state index is 0.106. The molecule has 0 spiro atoms. The lowest BCUT2D eigenvalue weighted by atomic mass is 10.1. The van der Waals surface area contributed by atoms with E-state index in [4.69, 9.17) is 4.74 Å². The van der Waals surface area contributed by atoms with Gasteiger partial charge in [0.25, 0.3) is 5.91 Å². The molecule has 6 nitrogen and oxygen atoms in total. The maximum Gasteiger partial charge on any atom is 0.254 e. The van der Waals surface area contributed by atoms with Gasteiger partial charge in [-0.15, -0.1) is 0 Å². The van der Waals surface area contributed by atoms with Gasteiger partial charge in [-0.25, -0.2) is 0 Å². The second-order valence-corrected chi connectivity index (χ2v) is 7.17. The number of benzene rings is 1. The lowest BCUT2D eigenvalue weighted by molar-refractivity contribution is 0.0585. The topological polar surface area (TPSA) is 57.7 Å². The van der Waals surface area contributed by atoms with Gasteiger partial charge in [-0.05, 0) is 38.1 Å². The third-order valence-electron chi connectivity index (χ3n) is 5.53. The zero-order valence-corrected chi connectivity index (χ0v) is 15.5. The van der Waals surface area contributed by atoms with Crippen molar-refractivity contribution < 1.29 is 9.53 Å². The Labute approximate surface area is 154 Å². The highest BCUT2D eigenvalue weighted by atomic mass is 16.5. The van der Waals surface area contributed by atoms with Crippen molar-refractivity contribution in [1.29, 1.82) is 0 Å². The molecular formula is C20H26N4O2. The number of methoxy groups -OCH3 is 1. The van der Waals surface area contributed by atoms with Gasteiger partial charge in [0.05, 0.1) is 18.2 Å². The number of fused-ring (bicyclic) bond motifs is 1. The van der Waals surface area contributed by atoms with Crippen LogP contribution in [-0.4, -0.2) is 73.1 Å². The van der Waals surface area contributed by atoms with E-state index in [1.165, 1.54) is 6.42 Å². The SMILES string of the molecule is COc1ccc2c(C(=O)N3CCN([C@@H]4CCNC4)CC3)cc(C)nc2c1. The quantitative estimate of drug-likeness (QED) is 0.909. The third-order valence-corrected chi connectivity index (χ3v) is 5.53. The van der Waals surface area contributed by atoms with Gasteiger partial charge in [-0.2, -0.15) is 0 Å². The molecule has 4 rings (SSSR count). The van der Waals surface area contributed by atoms with E-state index in [2.05, 4.69) is 15.2 Å². The number of piperazine rings is 1. The molecule has 3 heterocycles. The van der Waals surface area contributed by atoms with E-state index >= 15 is 0 Å². The van der Waals surface area contributed by atoms with Crippen LogP contribution >= 0.6 is 0 Å². The number of pyridine rings is 1. The summed E-state index contributed by atoms with van der Waals surface area (Å²) < 4.78 is 5.29. The Hall–Kier alpha value is -2.18. The van der Waals surface area contributed by atoms with Crippen LogP contribution < -0.4 is 10.1 Å². The normalized spacial score (nSPS) is 21.3. The Morgan fingerprint density at radius 3 is 2.73 bits per heavy atom. The van der Waals surface area contributed by atoms with Crippen LogP contribution in [0.1, 0.15) is 22.5 Å². The summed E-state index contributed by atoms with van der Waals surface area (Å²) in [4.78, 5) is 22.3. The summed E-state index contributed by atoms with van der Waals surface area (Å²) in [5, 5.41) is 4.32. The summed E-state index contributed by atoms with van der Waals surface area (Å²) >= 11 is 0. The molecule has 1 atom stereocenters. The van der Waals surface area contributed by atoms with Crippen molar-refractivity contribution in [3.05, 3.63) is 35.5 Å². The molecule has 6 heteroatoms. The first-order valence-corrected chi connectivity index (χ1v) is 9.35. The van der Waals surface area contributed by atoms with Gasteiger partial charge < -0.3 is 15.0 Å². The molecule has 0 bridgehead atoms. The smallest absolute Gasteiger partial charge is 0.254 e. The van der Waals surface area contributed by atoms with E-state index in [1.807, 2.05) is 36.1 Å². The van der Waals surface area contributed by atoms with Crippen molar-refractivity contribution in [2.75, 3.05) is 46.4 Å². The molecule has 1 amide bonds. The van der Waals surface area contributed by atoms with Gasteiger partial charge in [-0.3, -0.25) is 14.7 Å². The number of aromatic nitrogens is 1. The Morgan fingerprint density at radius 2 is 2.04 bits per heavy atom. The average Bonchev–Trinajstić information content (AvgIpc) is 3.21. The number of rotatable bonds is 3. The van der Waals surface area contributed by atoms with Gasteiger partial charge in [0.2, 0.25) is 0 Å². The maximum atomic E-state index is 13.2. The number of ether oxygens (including phenoxy) is 1. The molecule has 1 N–H and O–H groups in total. The predicted octanol–water partition coefficient (Wildman–Crippen LogP) is 1.67. The summed E-state index contributed by atoms with van der Waals surface area (Å²) in [6.07, 6.45) is 1.21. The van der Waals surface area contributed by atoms with Gasteiger partial charge in [0.15, 0.2) is 0 Å². The minimum Gasteiger partial charge on any atom is -0.497 e. The van der Waals surface area contributed by atoms with Gasteiger partial charge in [-0.1, -0.05) is 0 Å². The van der Waals surface area contributed by atoms with Gasteiger partial charge in [0, 0.05) is 55.9 Å². The summed E-state index contributed by atoms with van der Waals surface area (Å²) in [5.41, 5.74) is 2.40. The number of nitrogens with one attached hydrogen (secondary N) is 1. The van der Waals surface area contributed by atoms with E-state index in [0.29, 0.717) is 6.04 Å². The molecule has 2 aliphatic rings. The molecule has 2 aromatic rings. The molecule has 1 aromatic heterocycles. The van der Waals surface area contributed by atoms with Crippen LogP contribution in [0.5, 0.6) is 5.75 Å². The number of hydrogen-bond donors (Lipinski definition) is 1. The largest absolute Gasteiger partial charge is 0.497 e. The summed E-state index contributed by atoms with van der Waals surface area (Å²) in [6, 6.07) is 8.26. The van der Waals surface area contributed by atoms with Crippen molar-refractivity contribution in [3.63, 3.8) is 0 Å². The van der Waals surface area contributed by atoms with Crippen LogP contribution in [0.4, 0.5) is 0 Å². The summed E-state index contributed by atoms with van der Waals surface area (Å²) in [6.45, 7) is 7.59. The number of amides is 1. The Kier molecular flexibility index (Phi) is 4.78. The highest BCUT2D eigenvalue weighted by Crippen LogP contribution is 2.25. The molecule has 0 aliphatic carbocycles. The fourth-order valence-electron chi connectivity index (χ4n) is 4.06. The van der Waals surface area contributed by atoms with E-state index in [9.17, 15) is 4.79 Å². The lowest BCUT2D eigenvalue weighted by Crippen LogP contribution is -2.52. The highest BCUT2D eigenvalue weighted by Gasteiger charge is 2.28. The Bertz CT molecular complexity index is 809. The summed E-state index contributed by atoms with van der Waals surface area (Å²) in [7, 11) is 1.64. The monoisotopic (exact) mass is 354 g/mol. The Morgan fingerprint density at radius 1 is 1.23 bits per heavy atom. The first-order valence-electron chi connectivity index (χ1n) is 9.35. The van der Waals surface area contributed by atoms with Crippen LogP contribution in [0.3, 0.4) is 0 Å². The van der Waals surface area contributed by atoms with Crippen LogP contribution in [0.15, 0.2) is 24.3 Å². The van der Waals surface area contributed by atoms with E-state index < -0.39 is 0 Å². The molecule has 2 aliphatic heterocycles. The van der Waals surface area contributed by atoms with Crippen molar-refractivity contribution in [2.24, 2.45) is 0 Å². The summed E-state index contributed by atoms with van der Waals surface area (Å²) in [5.74, 6) is 0.864. The van der Waals surface area contributed by atoms with Crippen LogP contribution in [0, 0.1) is 6.92 Å². The molecule has 0 radical (unpaired) electrons. The first-order chi connectivity index (χ1) is 12.7. The average molecular weight is 354 g/mol. The Balaban J connectivity index is 1.54. The number of carbonyl (C=O) groups excluding carboxylic acids is 1. The second kappa shape index (κ2) is 7.21. The number of nitrogens with zero attached hydrogens (tertiary/aromatic N) is 3. The number of carbonyl (C=O) groups is 1. The fourth-order valence-corrected chi connectivity index (χ4v) is 4.06. The van der Waals surface area contributed by atoms with Gasteiger partial charge >= 0.3 is 0 Å². The van der Waals surface area contributed by atoms with Crippen molar-refractivity contribution >= 4 is 16.8 Å². The predicted molar refractivity (Wildman–Crippen MR) is 102 cm³/mol. The van der Waals surface area contributed by atoms with Crippen LogP contribution in [0.25, 0.3) is 10.9 Å². The van der Waals surface area contributed by atoms with Crippen LogP contribution in [0.2, 0.25) is 0 Å². The molecule has 1 aromatic carbocycles. The molecule has 2 fully saturated rings. The van der Waals surface area contributed by atoms with Crippen molar-refractivity contribution in [2.45, 2.75) is 19.4 Å². The van der Waals surface area contributed by atoms with E-state index in [-0.39, 0.29) is 5.91 Å². The molecular weight excluding hydrogens is 328 g/mol. The molecule has 0 unspecified atom stereocenters. The highest BCUT2D eigenvalue weighted by molar-refractivity contribution is 6.06. The van der Waals surface area contributed by atoms with E-state index in [0.717, 1.165) is 67.2 Å². The maximum absolute atomic E-state index is 13.2. The number of hydrogen-bond acceptors (Lipinski definition) is 5.